The minimum Gasteiger partial charge on any atom is -0.497 e. The van der Waals surface area contributed by atoms with Crippen molar-refractivity contribution in [2.24, 2.45) is 0 Å². The number of carbonyl (C=O) groups is 1. The van der Waals surface area contributed by atoms with Crippen molar-refractivity contribution in [1.29, 1.82) is 0 Å². The van der Waals surface area contributed by atoms with Crippen LogP contribution >= 0.6 is 0 Å². The number of aromatic nitrogens is 2. The molecule has 20 heavy (non-hydrogen) atoms. The lowest BCUT2D eigenvalue weighted by molar-refractivity contribution is -0.137. The van der Waals surface area contributed by atoms with E-state index in [1.54, 1.807) is 19.9 Å². The quantitative estimate of drug-likeness (QED) is 0.932. The van der Waals surface area contributed by atoms with Gasteiger partial charge in [0.1, 0.15) is 18.1 Å². The van der Waals surface area contributed by atoms with Gasteiger partial charge in [-0.2, -0.15) is 5.10 Å². The van der Waals surface area contributed by atoms with Gasteiger partial charge in [-0.15, -0.1) is 0 Å². The Morgan fingerprint density at radius 3 is 2.75 bits per heavy atom. The summed E-state index contributed by atoms with van der Waals surface area (Å²) in [6.07, 6.45) is 0. The van der Waals surface area contributed by atoms with Crippen LogP contribution in [0.15, 0.2) is 18.2 Å². The van der Waals surface area contributed by atoms with Gasteiger partial charge < -0.3 is 9.84 Å². The van der Waals surface area contributed by atoms with Crippen LogP contribution in [0.3, 0.4) is 0 Å². The molecule has 0 saturated heterocycles. The van der Waals surface area contributed by atoms with Crippen LogP contribution in [0.1, 0.15) is 11.4 Å². The highest BCUT2D eigenvalue weighted by atomic mass is 19.1. The van der Waals surface area contributed by atoms with Crippen molar-refractivity contribution in [2.45, 2.75) is 20.4 Å². The van der Waals surface area contributed by atoms with Crippen LogP contribution in [0.2, 0.25) is 0 Å². The van der Waals surface area contributed by atoms with Crippen molar-refractivity contribution in [3.63, 3.8) is 0 Å². The van der Waals surface area contributed by atoms with Gasteiger partial charge >= 0.3 is 5.97 Å². The van der Waals surface area contributed by atoms with Crippen molar-refractivity contribution in [2.75, 3.05) is 7.11 Å². The Bertz CT molecular complexity index is 665. The predicted molar refractivity (Wildman–Crippen MR) is 71.3 cm³/mol. The third-order valence-corrected chi connectivity index (χ3v) is 3.11. The molecule has 0 bridgehead atoms. The first kappa shape index (κ1) is 14.0. The summed E-state index contributed by atoms with van der Waals surface area (Å²) in [6.45, 7) is 3.19. The zero-order chi connectivity index (χ0) is 14.9. The Morgan fingerprint density at radius 1 is 1.45 bits per heavy atom. The van der Waals surface area contributed by atoms with Crippen LogP contribution in [0.25, 0.3) is 11.1 Å². The van der Waals surface area contributed by atoms with Crippen LogP contribution in [0.4, 0.5) is 4.39 Å². The van der Waals surface area contributed by atoms with E-state index in [1.165, 1.54) is 23.9 Å². The summed E-state index contributed by atoms with van der Waals surface area (Å²) in [7, 11) is 1.50. The Labute approximate surface area is 115 Å². The molecule has 0 aliphatic rings. The normalized spacial score (nSPS) is 10.6. The maximum Gasteiger partial charge on any atom is 0.325 e. The van der Waals surface area contributed by atoms with Gasteiger partial charge in [0.2, 0.25) is 0 Å². The molecule has 2 rings (SSSR count). The van der Waals surface area contributed by atoms with E-state index in [0.717, 1.165) is 0 Å². The zero-order valence-electron chi connectivity index (χ0n) is 11.5. The van der Waals surface area contributed by atoms with Crippen molar-refractivity contribution < 1.29 is 19.0 Å². The molecular formula is C14H15FN2O3. The maximum atomic E-state index is 14.0. The number of hydrogen-bond acceptors (Lipinski definition) is 3. The minimum atomic E-state index is -0.992. The number of ether oxygens (including phenoxy) is 1. The largest absolute Gasteiger partial charge is 0.497 e. The molecule has 106 valence electrons. The third kappa shape index (κ3) is 2.49. The van der Waals surface area contributed by atoms with Gasteiger partial charge in [-0.1, -0.05) is 0 Å². The molecule has 0 atom stereocenters. The maximum absolute atomic E-state index is 14.0. The molecule has 2 aromatic rings. The van der Waals surface area contributed by atoms with Gasteiger partial charge in [0.15, 0.2) is 0 Å². The molecule has 1 N–H and O–H groups in total. The van der Waals surface area contributed by atoms with Gasteiger partial charge in [0.25, 0.3) is 0 Å². The van der Waals surface area contributed by atoms with Crippen molar-refractivity contribution in [3.05, 3.63) is 35.4 Å². The molecule has 0 radical (unpaired) electrons. The summed E-state index contributed by atoms with van der Waals surface area (Å²) in [5.41, 5.74) is 2.14. The number of nitrogens with zero attached hydrogens (tertiary/aromatic N) is 2. The van der Waals surface area contributed by atoms with Gasteiger partial charge in [0, 0.05) is 16.8 Å². The average molecular weight is 278 g/mol. The second kappa shape index (κ2) is 5.32. The number of benzene rings is 1. The first-order valence-electron chi connectivity index (χ1n) is 6.03. The Balaban J connectivity index is 2.58. The number of carboxylic acids is 1. The van der Waals surface area contributed by atoms with E-state index in [-0.39, 0.29) is 6.54 Å². The fourth-order valence-electron chi connectivity index (χ4n) is 2.19. The predicted octanol–water partition coefficient (Wildman–Crippen LogP) is 2.40. The van der Waals surface area contributed by atoms with Crippen molar-refractivity contribution in [1.82, 2.24) is 9.78 Å². The van der Waals surface area contributed by atoms with Gasteiger partial charge in [-0.25, -0.2) is 4.39 Å². The van der Waals surface area contributed by atoms with Gasteiger partial charge in [-0.05, 0) is 32.0 Å². The first-order chi connectivity index (χ1) is 9.43. The number of aryl methyl sites for hydroxylation is 1. The average Bonchev–Trinajstić information content (AvgIpc) is 2.65. The van der Waals surface area contributed by atoms with Crippen LogP contribution in [-0.2, 0) is 11.3 Å². The van der Waals surface area contributed by atoms with Crippen molar-refractivity contribution >= 4 is 5.97 Å². The van der Waals surface area contributed by atoms with E-state index in [9.17, 15) is 9.18 Å². The Hall–Kier alpha value is -2.37. The zero-order valence-corrected chi connectivity index (χ0v) is 11.5. The molecule has 0 amide bonds. The van der Waals surface area contributed by atoms with E-state index in [2.05, 4.69) is 5.10 Å². The second-order valence-electron chi connectivity index (χ2n) is 4.44. The lowest BCUT2D eigenvalue weighted by Gasteiger charge is -2.07. The SMILES string of the molecule is COc1ccc(F)c(-c2c(C)nn(CC(=O)O)c2C)c1. The summed E-state index contributed by atoms with van der Waals surface area (Å²) in [6, 6.07) is 4.43. The topological polar surface area (TPSA) is 64.4 Å². The van der Waals surface area contributed by atoms with Crippen LogP contribution in [-0.4, -0.2) is 28.0 Å². The van der Waals surface area contributed by atoms with E-state index in [1.807, 2.05) is 0 Å². The lowest BCUT2D eigenvalue weighted by atomic mass is 10.0. The summed E-state index contributed by atoms with van der Waals surface area (Å²) >= 11 is 0. The molecule has 1 aromatic carbocycles. The van der Waals surface area contributed by atoms with Gasteiger partial charge in [0.05, 0.1) is 12.8 Å². The summed E-state index contributed by atoms with van der Waals surface area (Å²) in [5, 5.41) is 13.0. The highest BCUT2D eigenvalue weighted by Crippen LogP contribution is 2.31. The third-order valence-electron chi connectivity index (χ3n) is 3.11. The fourth-order valence-corrected chi connectivity index (χ4v) is 2.19. The molecule has 0 aliphatic carbocycles. The van der Waals surface area contributed by atoms with E-state index < -0.39 is 11.8 Å². The molecule has 0 spiro atoms. The standard InChI is InChI=1S/C14H15FN2O3/c1-8-14(9(2)17(16-8)7-13(18)19)11-6-10(20-3)4-5-12(11)15/h4-6H,7H2,1-3H3,(H,18,19). The number of aliphatic carboxylic acids is 1. The van der Waals surface area contributed by atoms with Crippen molar-refractivity contribution in [3.8, 4) is 16.9 Å². The Kier molecular flexibility index (Phi) is 3.74. The van der Waals surface area contributed by atoms with Crippen LogP contribution in [0.5, 0.6) is 5.75 Å². The van der Waals surface area contributed by atoms with Crippen LogP contribution in [0, 0.1) is 19.7 Å². The molecule has 5 nitrogen and oxygen atoms in total. The molecule has 1 aromatic heterocycles. The van der Waals surface area contributed by atoms with Gasteiger partial charge in [-0.3, -0.25) is 9.48 Å². The molecule has 6 heteroatoms. The molecule has 1 heterocycles. The number of methoxy groups -OCH3 is 1. The molecule has 0 unspecified atom stereocenters. The fraction of sp³-hybridized carbons (Fsp3) is 0.286. The van der Waals surface area contributed by atoms with E-state index in [4.69, 9.17) is 9.84 Å². The smallest absolute Gasteiger partial charge is 0.325 e. The molecule has 0 fully saturated rings. The lowest BCUT2D eigenvalue weighted by Crippen LogP contribution is -2.11. The van der Waals surface area contributed by atoms with Crippen LogP contribution < -0.4 is 4.74 Å². The Morgan fingerprint density at radius 2 is 2.15 bits per heavy atom. The molecular weight excluding hydrogens is 263 g/mol. The monoisotopic (exact) mass is 278 g/mol. The number of carboxylic acid groups (broad SMARTS) is 1. The number of halogens is 1. The first-order valence-corrected chi connectivity index (χ1v) is 6.03. The summed E-state index contributed by atoms with van der Waals surface area (Å²) < 4.78 is 20.5. The minimum absolute atomic E-state index is 0.252. The van der Waals surface area contributed by atoms with E-state index >= 15 is 0 Å². The van der Waals surface area contributed by atoms with E-state index in [0.29, 0.717) is 28.3 Å². The summed E-state index contributed by atoms with van der Waals surface area (Å²) in [5.74, 6) is -0.855. The molecule has 0 aliphatic heterocycles. The number of hydrogen-bond donors (Lipinski definition) is 1. The highest BCUT2D eigenvalue weighted by molar-refractivity contribution is 5.72. The highest BCUT2D eigenvalue weighted by Gasteiger charge is 2.18. The summed E-state index contributed by atoms with van der Waals surface area (Å²) in [4.78, 5) is 10.8. The second-order valence-corrected chi connectivity index (χ2v) is 4.44. The molecule has 0 saturated carbocycles. The number of rotatable bonds is 4.